The van der Waals surface area contributed by atoms with Crippen LogP contribution in [0.2, 0.25) is 0 Å². The summed E-state index contributed by atoms with van der Waals surface area (Å²) in [5.41, 5.74) is 1.25. The SMILES string of the molecule is CCCNCc1cc(Br)cnc1N1CCCOC(C)C1. The van der Waals surface area contributed by atoms with E-state index in [-0.39, 0.29) is 6.10 Å². The van der Waals surface area contributed by atoms with E-state index < -0.39 is 0 Å². The topological polar surface area (TPSA) is 37.4 Å². The zero-order valence-electron chi connectivity index (χ0n) is 12.4. The number of nitrogens with zero attached hydrogens (tertiary/aromatic N) is 2. The van der Waals surface area contributed by atoms with Gasteiger partial charge in [0.15, 0.2) is 0 Å². The maximum Gasteiger partial charge on any atom is 0.133 e. The first kappa shape index (κ1) is 15.7. The summed E-state index contributed by atoms with van der Waals surface area (Å²) < 4.78 is 6.76. The Morgan fingerprint density at radius 2 is 2.40 bits per heavy atom. The first-order chi connectivity index (χ1) is 9.70. The molecule has 0 amide bonds. The van der Waals surface area contributed by atoms with Gasteiger partial charge >= 0.3 is 0 Å². The molecule has 0 spiro atoms. The zero-order valence-corrected chi connectivity index (χ0v) is 13.9. The van der Waals surface area contributed by atoms with E-state index in [4.69, 9.17) is 4.74 Å². The molecule has 1 aliphatic rings. The first-order valence-electron chi connectivity index (χ1n) is 7.42. The summed E-state index contributed by atoms with van der Waals surface area (Å²) in [6.07, 6.45) is 4.35. The number of aromatic nitrogens is 1. The van der Waals surface area contributed by atoms with E-state index in [9.17, 15) is 0 Å². The highest BCUT2D eigenvalue weighted by Crippen LogP contribution is 2.23. The Balaban J connectivity index is 2.15. The van der Waals surface area contributed by atoms with Gasteiger partial charge in [0.2, 0.25) is 0 Å². The maximum absolute atomic E-state index is 5.72. The number of pyridine rings is 1. The fourth-order valence-electron chi connectivity index (χ4n) is 2.48. The summed E-state index contributed by atoms with van der Waals surface area (Å²) in [4.78, 5) is 6.99. The van der Waals surface area contributed by atoms with Crippen LogP contribution in [0.4, 0.5) is 5.82 Å². The molecule has 1 N–H and O–H groups in total. The van der Waals surface area contributed by atoms with Gasteiger partial charge < -0.3 is 15.0 Å². The molecule has 0 radical (unpaired) electrons. The summed E-state index contributed by atoms with van der Waals surface area (Å²) >= 11 is 3.52. The van der Waals surface area contributed by atoms with Crippen molar-refractivity contribution in [3.05, 3.63) is 22.3 Å². The van der Waals surface area contributed by atoms with E-state index in [2.05, 4.69) is 51.0 Å². The van der Waals surface area contributed by atoms with Gasteiger partial charge in [-0.1, -0.05) is 6.92 Å². The molecule has 0 aliphatic carbocycles. The smallest absolute Gasteiger partial charge is 0.133 e. The lowest BCUT2D eigenvalue weighted by molar-refractivity contribution is 0.0820. The van der Waals surface area contributed by atoms with Gasteiger partial charge in [-0.3, -0.25) is 0 Å². The lowest BCUT2D eigenvalue weighted by atomic mass is 10.2. The molecule has 4 nitrogen and oxygen atoms in total. The van der Waals surface area contributed by atoms with E-state index in [1.807, 2.05) is 6.20 Å². The zero-order chi connectivity index (χ0) is 14.4. The molecule has 1 saturated heterocycles. The minimum Gasteiger partial charge on any atom is -0.377 e. The number of anilines is 1. The normalized spacial score (nSPS) is 19.9. The van der Waals surface area contributed by atoms with Crippen molar-refractivity contribution in [2.24, 2.45) is 0 Å². The largest absolute Gasteiger partial charge is 0.377 e. The third-order valence-corrected chi connectivity index (χ3v) is 3.84. The summed E-state index contributed by atoms with van der Waals surface area (Å²) in [6, 6.07) is 2.17. The van der Waals surface area contributed by atoms with Gasteiger partial charge in [0.1, 0.15) is 5.82 Å². The Hall–Kier alpha value is -0.650. The van der Waals surface area contributed by atoms with Crippen molar-refractivity contribution in [1.29, 1.82) is 0 Å². The van der Waals surface area contributed by atoms with Crippen LogP contribution < -0.4 is 10.2 Å². The fraction of sp³-hybridized carbons (Fsp3) is 0.667. The van der Waals surface area contributed by atoms with Crippen molar-refractivity contribution < 1.29 is 4.74 Å². The van der Waals surface area contributed by atoms with E-state index >= 15 is 0 Å². The number of hydrogen-bond donors (Lipinski definition) is 1. The van der Waals surface area contributed by atoms with Crippen LogP contribution >= 0.6 is 15.9 Å². The molecular weight excluding hydrogens is 318 g/mol. The molecule has 0 aromatic carbocycles. The molecule has 5 heteroatoms. The van der Waals surface area contributed by atoms with Gasteiger partial charge in [0.05, 0.1) is 6.10 Å². The van der Waals surface area contributed by atoms with Crippen LogP contribution in [0.3, 0.4) is 0 Å². The number of rotatable bonds is 5. The molecule has 112 valence electrons. The minimum absolute atomic E-state index is 0.263. The number of ether oxygens (including phenoxy) is 1. The highest BCUT2D eigenvalue weighted by Gasteiger charge is 2.19. The van der Waals surface area contributed by atoms with Crippen LogP contribution in [-0.2, 0) is 11.3 Å². The molecule has 1 atom stereocenters. The third kappa shape index (κ3) is 4.43. The van der Waals surface area contributed by atoms with E-state index in [0.29, 0.717) is 0 Å². The van der Waals surface area contributed by atoms with Crippen molar-refractivity contribution >= 4 is 21.7 Å². The molecule has 2 rings (SSSR count). The minimum atomic E-state index is 0.263. The summed E-state index contributed by atoms with van der Waals surface area (Å²) in [5.74, 6) is 1.09. The van der Waals surface area contributed by atoms with Crippen LogP contribution in [0.1, 0.15) is 32.3 Å². The van der Waals surface area contributed by atoms with Crippen LogP contribution in [0.15, 0.2) is 16.7 Å². The summed E-state index contributed by atoms with van der Waals surface area (Å²) in [6.45, 7) is 8.98. The van der Waals surface area contributed by atoms with Crippen molar-refractivity contribution in [3.8, 4) is 0 Å². The van der Waals surface area contributed by atoms with E-state index in [1.54, 1.807) is 0 Å². The lowest BCUT2D eigenvalue weighted by Gasteiger charge is -2.25. The molecule has 1 aliphatic heterocycles. The molecule has 1 aromatic heterocycles. The molecule has 0 saturated carbocycles. The van der Waals surface area contributed by atoms with Gasteiger partial charge in [0.25, 0.3) is 0 Å². The summed E-state index contributed by atoms with van der Waals surface area (Å²) in [5, 5.41) is 3.47. The van der Waals surface area contributed by atoms with Crippen molar-refractivity contribution in [3.63, 3.8) is 0 Å². The summed E-state index contributed by atoms with van der Waals surface area (Å²) in [7, 11) is 0. The molecule has 1 unspecified atom stereocenters. The average molecular weight is 342 g/mol. The van der Waals surface area contributed by atoms with Gasteiger partial charge in [0, 0.05) is 42.5 Å². The molecule has 1 aromatic rings. The Kier molecular flexibility index (Phi) is 6.26. The van der Waals surface area contributed by atoms with E-state index in [0.717, 1.165) is 55.9 Å². The predicted molar refractivity (Wildman–Crippen MR) is 86.2 cm³/mol. The monoisotopic (exact) mass is 341 g/mol. The Morgan fingerprint density at radius 1 is 1.55 bits per heavy atom. The number of halogens is 1. The highest BCUT2D eigenvalue weighted by atomic mass is 79.9. The number of hydrogen-bond acceptors (Lipinski definition) is 4. The standard InChI is InChI=1S/C15H24BrN3O/c1-3-5-17-9-13-8-14(16)10-18-15(13)19-6-4-7-20-12(2)11-19/h8,10,12,17H,3-7,9,11H2,1-2H3. The second kappa shape index (κ2) is 7.96. The van der Waals surface area contributed by atoms with Crippen molar-refractivity contribution in [2.75, 3.05) is 31.1 Å². The van der Waals surface area contributed by atoms with Crippen LogP contribution in [0.25, 0.3) is 0 Å². The second-order valence-electron chi connectivity index (χ2n) is 5.29. The Morgan fingerprint density at radius 3 is 3.20 bits per heavy atom. The number of nitrogens with one attached hydrogen (secondary N) is 1. The average Bonchev–Trinajstić information content (AvgIpc) is 2.64. The van der Waals surface area contributed by atoms with Gasteiger partial charge in [-0.25, -0.2) is 4.98 Å². The Bertz CT molecular complexity index is 428. The van der Waals surface area contributed by atoms with Crippen molar-refractivity contribution in [1.82, 2.24) is 10.3 Å². The van der Waals surface area contributed by atoms with Crippen molar-refractivity contribution in [2.45, 2.75) is 39.3 Å². The fourth-order valence-corrected chi connectivity index (χ4v) is 2.85. The van der Waals surface area contributed by atoms with Gasteiger partial charge in [-0.05, 0) is 48.3 Å². The van der Waals surface area contributed by atoms with E-state index in [1.165, 1.54) is 5.56 Å². The van der Waals surface area contributed by atoms with Crippen LogP contribution in [0, 0.1) is 0 Å². The third-order valence-electron chi connectivity index (χ3n) is 3.40. The maximum atomic E-state index is 5.72. The van der Waals surface area contributed by atoms with Gasteiger partial charge in [-0.15, -0.1) is 0 Å². The Labute approximate surface area is 130 Å². The molecule has 2 heterocycles. The van der Waals surface area contributed by atoms with Crippen LogP contribution in [0.5, 0.6) is 0 Å². The quantitative estimate of drug-likeness (QED) is 0.835. The van der Waals surface area contributed by atoms with Gasteiger partial charge in [-0.2, -0.15) is 0 Å². The first-order valence-corrected chi connectivity index (χ1v) is 8.21. The highest BCUT2D eigenvalue weighted by molar-refractivity contribution is 9.10. The molecule has 0 bridgehead atoms. The second-order valence-corrected chi connectivity index (χ2v) is 6.21. The lowest BCUT2D eigenvalue weighted by Crippen LogP contribution is -2.32. The predicted octanol–water partition coefficient (Wildman–Crippen LogP) is 2.96. The molecule has 1 fully saturated rings. The molecular formula is C15H24BrN3O. The molecule has 20 heavy (non-hydrogen) atoms. The van der Waals surface area contributed by atoms with Crippen LogP contribution in [-0.4, -0.2) is 37.3 Å².